The number of imidazole rings is 1. The fourth-order valence-electron chi connectivity index (χ4n) is 1.60. The second kappa shape index (κ2) is 4.65. The number of nitrogens with one attached hydrogen (secondary N) is 2. The fourth-order valence-corrected chi connectivity index (χ4v) is 2.57. The molecule has 3 heterocycles. The molecule has 0 aliphatic heterocycles. The minimum atomic E-state index is -0.0713. The molecule has 0 spiro atoms. The Bertz CT molecular complexity index is 751. The summed E-state index contributed by atoms with van der Waals surface area (Å²) < 4.78 is 0. The molecule has 0 aliphatic carbocycles. The first-order valence-corrected chi connectivity index (χ1v) is 6.18. The first kappa shape index (κ1) is 11.6. The number of H-pyrrole nitrogens is 1. The highest BCUT2D eigenvalue weighted by Crippen LogP contribution is 2.30. The molecule has 0 saturated carbocycles. The number of amidine groups is 1. The van der Waals surface area contributed by atoms with E-state index in [1.165, 1.54) is 18.1 Å². The zero-order chi connectivity index (χ0) is 13.2. The van der Waals surface area contributed by atoms with E-state index in [0.29, 0.717) is 11.3 Å². The van der Waals surface area contributed by atoms with Crippen molar-refractivity contribution in [2.75, 3.05) is 0 Å². The number of pyridine rings is 1. The van der Waals surface area contributed by atoms with E-state index in [1.54, 1.807) is 18.6 Å². The molecule has 0 bridgehead atoms. The highest BCUT2D eigenvalue weighted by atomic mass is 32.2. The number of hydrogen-bond acceptors (Lipinski definition) is 6. The number of rotatable bonds is 3. The van der Waals surface area contributed by atoms with Crippen molar-refractivity contribution in [2.24, 2.45) is 5.73 Å². The second-order valence-electron chi connectivity index (χ2n) is 3.65. The van der Waals surface area contributed by atoms with Crippen molar-refractivity contribution in [1.29, 1.82) is 5.41 Å². The fraction of sp³-hybridized carbons (Fsp3) is 0. The molecule has 0 saturated heterocycles. The SMILES string of the molecule is N=C(N)c1ncccc1Sc1ncnc2nc[nH]c12. The maximum atomic E-state index is 7.52. The molecule has 0 unspecified atom stereocenters. The van der Waals surface area contributed by atoms with Crippen molar-refractivity contribution in [3.63, 3.8) is 0 Å². The maximum absolute atomic E-state index is 7.52. The summed E-state index contributed by atoms with van der Waals surface area (Å²) in [5, 5.41) is 8.24. The van der Waals surface area contributed by atoms with Crippen molar-refractivity contribution < 1.29 is 0 Å². The van der Waals surface area contributed by atoms with Gasteiger partial charge in [-0.3, -0.25) is 10.4 Å². The van der Waals surface area contributed by atoms with Gasteiger partial charge in [-0.15, -0.1) is 0 Å². The summed E-state index contributed by atoms with van der Waals surface area (Å²) in [5.41, 5.74) is 7.32. The quantitative estimate of drug-likeness (QED) is 0.374. The van der Waals surface area contributed by atoms with Crippen LogP contribution in [0.4, 0.5) is 0 Å². The van der Waals surface area contributed by atoms with Gasteiger partial charge in [0.2, 0.25) is 0 Å². The summed E-state index contributed by atoms with van der Waals surface area (Å²) in [7, 11) is 0. The molecular formula is C11H9N7S. The number of nitrogens with two attached hydrogens (primary N) is 1. The van der Waals surface area contributed by atoms with Gasteiger partial charge in [-0.1, -0.05) is 11.8 Å². The number of nitrogens with zero attached hydrogens (tertiary/aromatic N) is 4. The number of fused-ring (bicyclic) bond motifs is 1. The van der Waals surface area contributed by atoms with E-state index < -0.39 is 0 Å². The molecule has 4 N–H and O–H groups in total. The Hall–Kier alpha value is -2.48. The lowest BCUT2D eigenvalue weighted by Crippen LogP contribution is -2.14. The molecule has 19 heavy (non-hydrogen) atoms. The van der Waals surface area contributed by atoms with Gasteiger partial charge in [0, 0.05) is 11.1 Å². The van der Waals surface area contributed by atoms with E-state index in [1.807, 2.05) is 6.07 Å². The van der Waals surface area contributed by atoms with Crippen LogP contribution in [0.5, 0.6) is 0 Å². The molecule has 0 radical (unpaired) electrons. The Morgan fingerprint density at radius 2 is 2.16 bits per heavy atom. The molecule has 0 fully saturated rings. The van der Waals surface area contributed by atoms with Crippen LogP contribution in [-0.2, 0) is 0 Å². The zero-order valence-electron chi connectivity index (χ0n) is 9.66. The molecule has 0 atom stereocenters. The van der Waals surface area contributed by atoms with Crippen molar-refractivity contribution in [2.45, 2.75) is 9.92 Å². The minimum absolute atomic E-state index is 0.0713. The standard InChI is InChI=1S/C11H9N7S/c12-9(13)7-6(2-1-3-14-7)19-11-8-10(16-4-15-8)17-5-18-11/h1-5H,(H3,12,13)(H,15,16,17,18). The Labute approximate surface area is 112 Å². The summed E-state index contributed by atoms with van der Waals surface area (Å²) in [6, 6.07) is 3.64. The molecular weight excluding hydrogens is 262 g/mol. The molecule has 0 aromatic carbocycles. The van der Waals surface area contributed by atoms with E-state index >= 15 is 0 Å². The topological polar surface area (TPSA) is 117 Å². The molecule has 94 valence electrons. The average Bonchev–Trinajstić information content (AvgIpc) is 2.88. The summed E-state index contributed by atoms with van der Waals surface area (Å²) in [5.74, 6) is -0.0713. The molecule has 0 aliphatic rings. The molecule has 3 aromatic heterocycles. The van der Waals surface area contributed by atoms with Crippen molar-refractivity contribution in [1.82, 2.24) is 24.9 Å². The highest BCUT2D eigenvalue weighted by Gasteiger charge is 2.12. The third-order valence-corrected chi connectivity index (χ3v) is 3.47. The van der Waals surface area contributed by atoms with E-state index in [0.717, 1.165) is 15.4 Å². The van der Waals surface area contributed by atoms with Crippen molar-refractivity contribution >= 4 is 28.8 Å². The van der Waals surface area contributed by atoms with E-state index in [4.69, 9.17) is 11.1 Å². The Morgan fingerprint density at radius 1 is 1.26 bits per heavy atom. The van der Waals surface area contributed by atoms with E-state index in [-0.39, 0.29) is 5.84 Å². The lowest BCUT2D eigenvalue weighted by Gasteiger charge is -2.05. The van der Waals surface area contributed by atoms with Crippen LogP contribution in [0.3, 0.4) is 0 Å². The van der Waals surface area contributed by atoms with Crippen LogP contribution in [0.1, 0.15) is 5.69 Å². The van der Waals surface area contributed by atoms with Gasteiger partial charge in [0.05, 0.1) is 6.33 Å². The first-order valence-electron chi connectivity index (χ1n) is 5.37. The second-order valence-corrected chi connectivity index (χ2v) is 4.68. The summed E-state index contributed by atoms with van der Waals surface area (Å²) >= 11 is 1.37. The normalized spacial score (nSPS) is 10.7. The van der Waals surface area contributed by atoms with Crippen LogP contribution in [0.2, 0.25) is 0 Å². The zero-order valence-corrected chi connectivity index (χ0v) is 10.5. The van der Waals surface area contributed by atoms with Crippen LogP contribution in [0, 0.1) is 5.41 Å². The summed E-state index contributed by atoms with van der Waals surface area (Å²) in [4.78, 5) is 20.2. The summed E-state index contributed by atoms with van der Waals surface area (Å²) in [6.07, 6.45) is 4.63. The maximum Gasteiger partial charge on any atom is 0.181 e. The minimum Gasteiger partial charge on any atom is -0.382 e. The van der Waals surface area contributed by atoms with Crippen LogP contribution >= 0.6 is 11.8 Å². The number of hydrogen-bond donors (Lipinski definition) is 3. The Balaban J connectivity index is 2.06. The lowest BCUT2D eigenvalue weighted by molar-refractivity contribution is 1.08. The van der Waals surface area contributed by atoms with Gasteiger partial charge >= 0.3 is 0 Å². The van der Waals surface area contributed by atoms with Gasteiger partial charge in [-0.05, 0) is 12.1 Å². The molecule has 7 nitrogen and oxygen atoms in total. The Kier molecular flexibility index (Phi) is 2.84. The highest BCUT2D eigenvalue weighted by molar-refractivity contribution is 7.99. The van der Waals surface area contributed by atoms with Crippen LogP contribution in [-0.4, -0.2) is 30.8 Å². The smallest absolute Gasteiger partial charge is 0.181 e. The first-order chi connectivity index (χ1) is 9.25. The summed E-state index contributed by atoms with van der Waals surface area (Å²) in [6.45, 7) is 0. The van der Waals surface area contributed by atoms with Crippen molar-refractivity contribution in [3.05, 3.63) is 36.7 Å². The number of aromatic nitrogens is 5. The Morgan fingerprint density at radius 3 is 3.00 bits per heavy atom. The predicted octanol–water partition coefficient (Wildman–Crippen LogP) is 1.18. The number of aromatic amines is 1. The van der Waals surface area contributed by atoms with Crippen LogP contribution in [0.15, 0.2) is 40.9 Å². The van der Waals surface area contributed by atoms with Gasteiger partial charge in [0.15, 0.2) is 5.65 Å². The van der Waals surface area contributed by atoms with Gasteiger partial charge < -0.3 is 10.7 Å². The van der Waals surface area contributed by atoms with Crippen molar-refractivity contribution in [3.8, 4) is 0 Å². The van der Waals surface area contributed by atoms with Crippen LogP contribution < -0.4 is 5.73 Å². The number of nitrogen functional groups attached to an aromatic ring is 1. The monoisotopic (exact) mass is 271 g/mol. The third-order valence-electron chi connectivity index (χ3n) is 2.42. The molecule has 0 amide bonds. The van der Waals surface area contributed by atoms with Crippen LogP contribution in [0.25, 0.3) is 11.2 Å². The predicted molar refractivity (Wildman–Crippen MR) is 71.1 cm³/mol. The van der Waals surface area contributed by atoms with E-state index in [2.05, 4.69) is 24.9 Å². The lowest BCUT2D eigenvalue weighted by atomic mass is 10.3. The van der Waals surface area contributed by atoms with Gasteiger partial charge in [0.25, 0.3) is 0 Å². The average molecular weight is 271 g/mol. The van der Waals surface area contributed by atoms with Gasteiger partial charge in [0.1, 0.15) is 28.4 Å². The molecule has 8 heteroatoms. The van der Waals surface area contributed by atoms with Gasteiger partial charge in [-0.25, -0.2) is 15.0 Å². The van der Waals surface area contributed by atoms with E-state index in [9.17, 15) is 0 Å². The largest absolute Gasteiger partial charge is 0.382 e. The third kappa shape index (κ3) is 2.13. The molecule has 3 aromatic rings. The molecule has 3 rings (SSSR count). The van der Waals surface area contributed by atoms with Gasteiger partial charge in [-0.2, -0.15) is 0 Å².